The second kappa shape index (κ2) is 18.4. The van der Waals surface area contributed by atoms with E-state index in [2.05, 4.69) is 141 Å². The Balaban J connectivity index is 0.000000326. The molecule has 0 saturated carbocycles. The number of hydrogen-bond acceptors (Lipinski definition) is 0. The van der Waals surface area contributed by atoms with E-state index in [1.807, 2.05) is 30.3 Å². The summed E-state index contributed by atoms with van der Waals surface area (Å²) in [6.07, 6.45) is 0. The molecule has 0 unspecified atom stereocenters. The third-order valence-electron chi connectivity index (χ3n) is 6.57. The molecule has 3 radical (unpaired) electrons. The van der Waals surface area contributed by atoms with Crippen LogP contribution in [0.4, 0.5) is 0 Å². The summed E-state index contributed by atoms with van der Waals surface area (Å²) in [4.78, 5) is 0. The van der Waals surface area contributed by atoms with Gasteiger partial charge in [0.15, 0.2) is 0 Å². The van der Waals surface area contributed by atoms with Crippen molar-refractivity contribution in [1.29, 1.82) is 0 Å². The second-order valence-electron chi connectivity index (χ2n) is 9.49. The van der Waals surface area contributed by atoms with Crippen molar-refractivity contribution in [3.63, 3.8) is 0 Å². The summed E-state index contributed by atoms with van der Waals surface area (Å²) in [6.45, 7) is 4.30. The normalized spacial score (nSPS) is 9.38. The van der Waals surface area contributed by atoms with E-state index >= 15 is 0 Å². The zero-order valence-corrected chi connectivity index (χ0v) is 27.7. The molecule has 0 amide bonds. The van der Waals surface area contributed by atoms with Crippen LogP contribution in [0.25, 0.3) is 43.8 Å². The number of aryl methyl sites for hydroxylation is 2. The number of fused-ring (bicyclic) bond motifs is 2. The largest absolute Gasteiger partial charge is 2.00 e. The Kier molecular flexibility index (Phi) is 16.2. The SMILES string of the molecule is Cc1cc2c(-c3ccccc3)cccc2[cH-]1.Cc1cc2c(-c3ccccc3)cccc2[cH-]1.[B].[Cl-].[Cl-].[Zr+2].[c-]1ccccc1. The Labute approximate surface area is 284 Å². The molecule has 0 spiro atoms. The smallest absolute Gasteiger partial charge is 1.00 e. The minimum atomic E-state index is 0. The molecule has 0 aliphatic carbocycles. The van der Waals surface area contributed by atoms with Crippen LogP contribution in [0.1, 0.15) is 11.1 Å². The molecule has 0 saturated heterocycles. The van der Waals surface area contributed by atoms with Crippen molar-refractivity contribution in [1.82, 2.24) is 0 Å². The molecule has 0 bridgehead atoms. The number of halogens is 2. The summed E-state index contributed by atoms with van der Waals surface area (Å²) < 4.78 is 0. The molecule has 0 fully saturated rings. The third-order valence-corrected chi connectivity index (χ3v) is 6.57. The van der Waals surface area contributed by atoms with Gasteiger partial charge < -0.3 is 24.8 Å². The Morgan fingerprint density at radius 1 is 0.476 bits per heavy atom. The van der Waals surface area contributed by atoms with Crippen molar-refractivity contribution >= 4 is 30.0 Å². The van der Waals surface area contributed by atoms with Crippen LogP contribution in [-0.4, -0.2) is 8.41 Å². The maximum absolute atomic E-state index is 2.89. The Morgan fingerprint density at radius 3 is 1.19 bits per heavy atom. The van der Waals surface area contributed by atoms with Gasteiger partial charge in [-0.2, -0.15) is 48.5 Å². The summed E-state index contributed by atoms with van der Waals surface area (Å²) in [5.41, 5.74) is 7.89. The van der Waals surface area contributed by atoms with E-state index in [-0.39, 0.29) is 59.4 Å². The van der Waals surface area contributed by atoms with Crippen LogP contribution in [0.15, 0.2) is 152 Å². The van der Waals surface area contributed by atoms with E-state index in [4.69, 9.17) is 0 Å². The monoisotopic (exact) mass is 658 g/mol. The van der Waals surface area contributed by atoms with Gasteiger partial charge in [0.1, 0.15) is 0 Å². The third kappa shape index (κ3) is 9.43. The number of benzene rings is 5. The van der Waals surface area contributed by atoms with E-state index in [0.29, 0.717) is 0 Å². The van der Waals surface area contributed by atoms with E-state index in [1.165, 1.54) is 54.9 Å². The molecular formula is C38H31BCl2Zr-3. The fraction of sp³-hybridized carbons (Fsp3) is 0.0526. The molecule has 0 nitrogen and oxygen atoms in total. The van der Waals surface area contributed by atoms with Crippen LogP contribution in [0, 0.1) is 19.9 Å². The van der Waals surface area contributed by atoms with Crippen LogP contribution in [-0.2, 0) is 26.2 Å². The van der Waals surface area contributed by atoms with Gasteiger partial charge in [-0.05, 0) is 11.1 Å². The van der Waals surface area contributed by atoms with Gasteiger partial charge in [-0.15, -0.1) is 69.1 Å². The van der Waals surface area contributed by atoms with E-state index in [0.717, 1.165) is 0 Å². The Bertz CT molecular complexity index is 1580. The molecule has 0 aromatic heterocycles. The molecular weight excluding hydrogens is 629 g/mol. The Morgan fingerprint density at radius 2 is 0.857 bits per heavy atom. The molecule has 7 aromatic carbocycles. The Hall–Kier alpha value is -3.15. The van der Waals surface area contributed by atoms with Crippen LogP contribution in [0.3, 0.4) is 0 Å². The second-order valence-corrected chi connectivity index (χ2v) is 9.49. The average molecular weight is 661 g/mol. The first-order chi connectivity index (χ1) is 18.7. The van der Waals surface area contributed by atoms with Crippen molar-refractivity contribution in [2.75, 3.05) is 0 Å². The minimum absolute atomic E-state index is 0. The number of rotatable bonds is 2. The van der Waals surface area contributed by atoms with Crippen molar-refractivity contribution in [3.8, 4) is 22.3 Å². The zero-order valence-electron chi connectivity index (χ0n) is 23.8. The summed E-state index contributed by atoms with van der Waals surface area (Å²) in [7, 11) is 0. The van der Waals surface area contributed by atoms with E-state index < -0.39 is 0 Å². The van der Waals surface area contributed by atoms with Gasteiger partial charge in [-0.1, -0.05) is 97.8 Å². The van der Waals surface area contributed by atoms with Gasteiger partial charge in [0.2, 0.25) is 0 Å². The average Bonchev–Trinajstić information content (AvgIpc) is 3.56. The maximum atomic E-state index is 2.89. The summed E-state index contributed by atoms with van der Waals surface area (Å²) in [6, 6.07) is 55.6. The van der Waals surface area contributed by atoms with Crippen LogP contribution >= 0.6 is 0 Å². The van der Waals surface area contributed by atoms with Crippen molar-refractivity contribution in [2.24, 2.45) is 0 Å². The maximum Gasteiger partial charge on any atom is 2.00 e. The van der Waals surface area contributed by atoms with Crippen molar-refractivity contribution in [3.05, 3.63) is 169 Å². The molecule has 0 N–H and O–H groups in total. The topological polar surface area (TPSA) is 0 Å². The van der Waals surface area contributed by atoms with Gasteiger partial charge in [0.05, 0.1) is 0 Å². The van der Waals surface area contributed by atoms with Crippen LogP contribution in [0.2, 0.25) is 0 Å². The van der Waals surface area contributed by atoms with E-state index in [1.54, 1.807) is 0 Å². The molecule has 42 heavy (non-hydrogen) atoms. The number of hydrogen-bond donors (Lipinski definition) is 0. The molecule has 207 valence electrons. The molecule has 0 atom stereocenters. The molecule has 4 heteroatoms. The van der Waals surface area contributed by atoms with Gasteiger partial charge in [0, 0.05) is 8.41 Å². The summed E-state index contributed by atoms with van der Waals surface area (Å²) in [5, 5.41) is 5.37. The first kappa shape index (κ1) is 36.9. The standard InChI is InChI=1S/2C16H13.C6H5.B.2ClH.Zr/c2*1-12-10-14-8-5-9-15(16(14)11-12)13-6-3-2-4-7-13;1-2-4-6-5-3-1;;;;/h2*2-11H,1H3;1-5H;;2*1H;/q3*-1;;;;+2/p-2. The van der Waals surface area contributed by atoms with Crippen molar-refractivity contribution in [2.45, 2.75) is 13.8 Å². The fourth-order valence-electron chi connectivity index (χ4n) is 4.85. The summed E-state index contributed by atoms with van der Waals surface area (Å²) in [5.74, 6) is 0. The van der Waals surface area contributed by atoms with Gasteiger partial charge in [-0.25, -0.2) is 0 Å². The molecule has 7 aromatic rings. The molecule has 0 heterocycles. The summed E-state index contributed by atoms with van der Waals surface area (Å²) >= 11 is 0. The van der Waals surface area contributed by atoms with Gasteiger partial charge >= 0.3 is 26.2 Å². The predicted octanol–water partition coefficient (Wildman–Crippen LogP) is 4.18. The van der Waals surface area contributed by atoms with E-state index in [9.17, 15) is 0 Å². The molecule has 7 rings (SSSR count). The fourth-order valence-corrected chi connectivity index (χ4v) is 4.85. The predicted molar refractivity (Wildman–Crippen MR) is 170 cm³/mol. The molecule has 0 aliphatic rings. The van der Waals surface area contributed by atoms with Crippen molar-refractivity contribution < 1.29 is 51.0 Å². The van der Waals surface area contributed by atoms with Gasteiger partial charge in [0.25, 0.3) is 0 Å². The van der Waals surface area contributed by atoms with Crippen LogP contribution < -0.4 is 24.8 Å². The molecule has 0 aliphatic heterocycles. The van der Waals surface area contributed by atoms with Crippen LogP contribution in [0.5, 0.6) is 0 Å². The minimum Gasteiger partial charge on any atom is -1.00 e. The van der Waals surface area contributed by atoms with Gasteiger partial charge in [-0.3, -0.25) is 0 Å². The quantitative estimate of drug-likeness (QED) is 0.193. The zero-order chi connectivity index (χ0) is 26.2. The first-order valence-electron chi connectivity index (χ1n) is 13.0. The first-order valence-corrected chi connectivity index (χ1v) is 13.0.